The topological polar surface area (TPSA) is 93.8 Å². The fourth-order valence-corrected chi connectivity index (χ4v) is 3.89. The number of nitrogens with one attached hydrogen (secondary N) is 1. The van der Waals surface area contributed by atoms with E-state index in [0.29, 0.717) is 48.6 Å². The van der Waals surface area contributed by atoms with Gasteiger partial charge in [-0.3, -0.25) is 14.2 Å². The first-order chi connectivity index (χ1) is 15.1. The van der Waals surface area contributed by atoms with E-state index in [1.54, 1.807) is 36.3 Å². The standard InChI is InChI=1S/C23H25N3O5/c1-30-19-12-11-16(15-18(19)25-13-5-4-10-22(25)28)24-21(27)9-6-14-26-17-7-2-3-8-20(17)31-23(26)29/h2-3,7-8,11-12,15H,4-6,9-10,13-14H2,1H3,(H,24,27). The second-order valence-electron chi connectivity index (χ2n) is 7.53. The van der Waals surface area contributed by atoms with E-state index in [0.717, 1.165) is 18.4 Å². The molecule has 31 heavy (non-hydrogen) atoms. The van der Waals surface area contributed by atoms with Crippen LogP contribution in [-0.2, 0) is 16.1 Å². The van der Waals surface area contributed by atoms with E-state index in [2.05, 4.69) is 5.32 Å². The van der Waals surface area contributed by atoms with Gasteiger partial charge in [0.25, 0.3) is 0 Å². The molecule has 0 saturated carbocycles. The quantitative estimate of drug-likeness (QED) is 0.627. The third-order valence-electron chi connectivity index (χ3n) is 5.44. The van der Waals surface area contributed by atoms with Crippen LogP contribution in [0.5, 0.6) is 5.75 Å². The molecule has 3 aromatic rings. The molecule has 1 aliphatic rings. The molecule has 2 heterocycles. The summed E-state index contributed by atoms with van der Waals surface area (Å²) in [6.45, 7) is 1.03. The van der Waals surface area contributed by atoms with Crippen molar-refractivity contribution in [1.82, 2.24) is 4.57 Å². The molecule has 2 amide bonds. The number of aryl methyl sites for hydroxylation is 1. The smallest absolute Gasteiger partial charge is 0.419 e. The Bertz CT molecular complexity index is 1160. The van der Waals surface area contributed by atoms with Crippen molar-refractivity contribution in [3.63, 3.8) is 0 Å². The Morgan fingerprint density at radius 3 is 2.81 bits per heavy atom. The first kappa shape index (κ1) is 20.7. The van der Waals surface area contributed by atoms with Gasteiger partial charge in [0.1, 0.15) is 5.75 Å². The summed E-state index contributed by atoms with van der Waals surface area (Å²) in [6.07, 6.45) is 3.08. The zero-order valence-electron chi connectivity index (χ0n) is 17.4. The molecular weight excluding hydrogens is 398 g/mol. The second kappa shape index (κ2) is 9.07. The molecule has 0 spiro atoms. The van der Waals surface area contributed by atoms with Crippen molar-refractivity contribution >= 4 is 34.3 Å². The first-order valence-electron chi connectivity index (χ1n) is 10.4. The van der Waals surface area contributed by atoms with Gasteiger partial charge < -0.3 is 19.4 Å². The molecule has 8 nitrogen and oxygen atoms in total. The number of anilines is 2. The minimum atomic E-state index is -0.424. The number of amides is 2. The van der Waals surface area contributed by atoms with Crippen LogP contribution in [0.15, 0.2) is 51.7 Å². The van der Waals surface area contributed by atoms with Gasteiger partial charge in [-0.1, -0.05) is 12.1 Å². The Morgan fingerprint density at radius 1 is 1.16 bits per heavy atom. The van der Waals surface area contributed by atoms with Crippen molar-refractivity contribution in [2.75, 3.05) is 23.9 Å². The van der Waals surface area contributed by atoms with E-state index >= 15 is 0 Å². The molecule has 0 unspecified atom stereocenters. The average Bonchev–Trinajstić information content (AvgIpc) is 3.09. The highest BCUT2D eigenvalue weighted by Gasteiger charge is 2.23. The van der Waals surface area contributed by atoms with Gasteiger partial charge in [0.05, 0.1) is 18.3 Å². The minimum absolute atomic E-state index is 0.0609. The van der Waals surface area contributed by atoms with E-state index in [1.807, 2.05) is 18.2 Å². The zero-order chi connectivity index (χ0) is 21.8. The number of carbonyl (C=O) groups excluding carboxylic acids is 2. The maximum absolute atomic E-state index is 12.5. The predicted octanol–water partition coefficient (Wildman–Crippen LogP) is 3.54. The fraction of sp³-hybridized carbons (Fsp3) is 0.348. The lowest BCUT2D eigenvalue weighted by atomic mass is 10.1. The Hall–Kier alpha value is -3.55. The molecule has 1 N–H and O–H groups in total. The summed E-state index contributed by atoms with van der Waals surface area (Å²) in [5, 5.41) is 2.88. The lowest BCUT2D eigenvalue weighted by molar-refractivity contribution is -0.119. The number of fused-ring (bicyclic) bond motifs is 1. The highest BCUT2D eigenvalue weighted by molar-refractivity contribution is 5.97. The van der Waals surface area contributed by atoms with Gasteiger partial charge in [-0.05, 0) is 49.6 Å². The number of aromatic nitrogens is 1. The van der Waals surface area contributed by atoms with Crippen LogP contribution in [0.25, 0.3) is 11.1 Å². The van der Waals surface area contributed by atoms with E-state index in [1.165, 1.54) is 4.57 Å². The number of nitrogens with zero attached hydrogens (tertiary/aromatic N) is 2. The number of para-hydroxylation sites is 2. The van der Waals surface area contributed by atoms with Crippen LogP contribution in [0.1, 0.15) is 32.1 Å². The van der Waals surface area contributed by atoms with Crippen LogP contribution in [-0.4, -0.2) is 30.0 Å². The normalized spacial score (nSPS) is 14.1. The lowest BCUT2D eigenvalue weighted by Gasteiger charge is -2.28. The van der Waals surface area contributed by atoms with Gasteiger partial charge in [0, 0.05) is 31.6 Å². The second-order valence-corrected chi connectivity index (χ2v) is 7.53. The Morgan fingerprint density at radius 2 is 2.00 bits per heavy atom. The number of ether oxygens (including phenoxy) is 1. The third kappa shape index (κ3) is 4.47. The number of rotatable bonds is 7. The molecule has 1 aromatic heterocycles. The highest BCUT2D eigenvalue weighted by atomic mass is 16.5. The first-order valence-corrected chi connectivity index (χ1v) is 10.4. The van der Waals surface area contributed by atoms with Crippen LogP contribution >= 0.6 is 0 Å². The van der Waals surface area contributed by atoms with Crippen molar-refractivity contribution < 1.29 is 18.7 Å². The molecule has 1 fully saturated rings. The molecule has 0 atom stereocenters. The largest absolute Gasteiger partial charge is 0.495 e. The van der Waals surface area contributed by atoms with Gasteiger partial charge in [-0.2, -0.15) is 0 Å². The number of hydrogen-bond donors (Lipinski definition) is 1. The third-order valence-corrected chi connectivity index (χ3v) is 5.44. The SMILES string of the molecule is COc1ccc(NC(=O)CCCn2c(=O)oc3ccccc32)cc1N1CCCCC1=O. The molecular formula is C23H25N3O5. The van der Waals surface area contributed by atoms with Gasteiger partial charge >= 0.3 is 5.76 Å². The number of benzene rings is 2. The van der Waals surface area contributed by atoms with Crippen LogP contribution in [0.2, 0.25) is 0 Å². The van der Waals surface area contributed by atoms with Crippen molar-refractivity contribution in [2.45, 2.75) is 38.6 Å². The molecule has 0 radical (unpaired) electrons. The zero-order valence-corrected chi connectivity index (χ0v) is 17.4. The molecule has 162 valence electrons. The maximum Gasteiger partial charge on any atom is 0.419 e. The van der Waals surface area contributed by atoms with E-state index in [-0.39, 0.29) is 18.2 Å². The Kier molecular flexibility index (Phi) is 6.06. The summed E-state index contributed by atoms with van der Waals surface area (Å²) in [5.41, 5.74) is 2.53. The summed E-state index contributed by atoms with van der Waals surface area (Å²) in [7, 11) is 1.56. The van der Waals surface area contributed by atoms with E-state index in [4.69, 9.17) is 9.15 Å². The molecule has 8 heteroatoms. The summed E-state index contributed by atoms with van der Waals surface area (Å²) >= 11 is 0. The van der Waals surface area contributed by atoms with Crippen LogP contribution in [0.3, 0.4) is 0 Å². The van der Waals surface area contributed by atoms with Crippen molar-refractivity contribution in [2.24, 2.45) is 0 Å². The number of piperidine rings is 1. The number of carbonyl (C=O) groups is 2. The molecule has 1 saturated heterocycles. The van der Waals surface area contributed by atoms with E-state index < -0.39 is 5.76 Å². The maximum atomic E-state index is 12.5. The monoisotopic (exact) mass is 423 g/mol. The van der Waals surface area contributed by atoms with Crippen LogP contribution in [0, 0.1) is 0 Å². The molecule has 2 aromatic carbocycles. The van der Waals surface area contributed by atoms with Crippen molar-refractivity contribution in [3.8, 4) is 5.75 Å². The number of oxazole rings is 1. The molecule has 1 aliphatic heterocycles. The Balaban J connectivity index is 1.40. The summed E-state index contributed by atoms with van der Waals surface area (Å²) < 4.78 is 12.2. The predicted molar refractivity (Wildman–Crippen MR) is 118 cm³/mol. The summed E-state index contributed by atoms with van der Waals surface area (Å²) in [6, 6.07) is 12.5. The van der Waals surface area contributed by atoms with Crippen molar-refractivity contribution in [1.29, 1.82) is 0 Å². The van der Waals surface area contributed by atoms with Gasteiger partial charge in [0.2, 0.25) is 11.8 Å². The highest BCUT2D eigenvalue weighted by Crippen LogP contribution is 2.33. The number of methoxy groups -OCH3 is 1. The van der Waals surface area contributed by atoms with Gasteiger partial charge in [0.15, 0.2) is 5.58 Å². The fourth-order valence-electron chi connectivity index (χ4n) is 3.89. The Labute approximate surface area is 179 Å². The van der Waals surface area contributed by atoms with Crippen molar-refractivity contribution in [3.05, 3.63) is 53.0 Å². The summed E-state index contributed by atoms with van der Waals surface area (Å²) in [4.78, 5) is 38.5. The summed E-state index contributed by atoms with van der Waals surface area (Å²) in [5.74, 6) is 0.0693. The number of hydrogen-bond acceptors (Lipinski definition) is 5. The van der Waals surface area contributed by atoms with Gasteiger partial charge in [-0.15, -0.1) is 0 Å². The lowest BCUT2D eigenvalue weighted by Crippen LogP contribution is -2.35. The molecule has 0 bridgehead atoms. The van der Waals surface area contributed by atoms with E-state index in [9.17, 15) is 14.4 Å². The van der Waals surface area contributed by atoms with Crippen LogP contribution < -0.4 is 20.7 Å². The average molecular weight is 423 g/mol. The minimum Gasteiger partial charge on any atom is -0.495 e. The van der Waals surface area contributed by atoms with Crippen LogP contribution in [0.4, 0.5) is 11.4 Å². The van der Waals surface area contributed by atoms with Gasteiger partial charge in [-0.25, -0.2) is 4.79 Å². The molecule has 0 aliphatic carbocycles. The molecule has 4 rings (SSSR count).